The summed E-state index contributed by atoms with van der Waals surface area (Å²) >= 11 is 0. The molecule has 3 aromatic heterocycles. The Kier molecular flexibility index (Phi) is 6.56. The van der Waals surface area contributed by atoms with Crippen molar-refractivity contribution in [1.29, 1.82) is 0 Å². The summed E-state index contributed by atoms with van der Waals surface area (Å²) < 4.78 is 9.43. The zero-order valence-corrected chi connectivity index (χ0v) is 30.0. The molecule has 12 aromatic rings. The molecule has 0 amide bonds. The minimum atomic E-state index is 0.540. The van der Waals surface area contributed by atoms with Crippen molar-refractivity contribution in [2.24, 2.45) is 0 Å². The van der Waals surface area contributed by atoms with Crippen molar-refractivity contribution >= 4 is 76.1 Å². The fraction of sp³-hybridized carbons (Fsp3) is 0. The number of nitrogens with zero attached hydrogens (tertiary/aromatic N) is 4. The van der Waals surface area contributed by atoms with E-state index in [0.717, 1.165) is 76.9 Å². The molecule has 0 unspecified atom stereocenters. The van der Waals surface area contributed by atoms with Crippen LogP contribution in [0.3, 0.4) is 0 Å². The van der Waals surface area contributed by atoms with E-state index in [0.29, 0.717) is 17.5 Å². The van der Waals surface area contributed by atoms with Gasteiger partial charge >= 0.3 is 0 Å². The highest BCUT2D eigenvalue weighted by atomic mass is 16.3. The summed E-state index contributed by atoms with van der Waals surface area (Å²) in [6.07, 6.45) is 0. The summed E-state index contributed by atoms with van der Waals surface area (Å²) in [4.78, 5) is 16.1. The van der Waals surface area contributed by atoms with Crippen LogP contribution >= 0.6 is 0 Å². The highest BCUT2D eigenvalue weighted by Crippen LogP contribution is 2.47. The number of hydrogen-bond acceptors (Lipinski definition) is 4. The van der Waals surface area contributed by atoms with Crippen molar-refractivity contribution in [3.8, 4) is 39.9 Å². The molecule has 0 radical (unpaired) electrons. The Balaban J connectivity index is 1.31. The summed E-state index contributed by atoms with van der Waals surface area (Å²) in [5, 5.41) is 11.2. The van der Waals surface area contributed by atoms with Gasteiger partial charge in [-0.15, -0.1) is 0 Å². The second kappa shape index (κ2) is 11.9. The zero-order chi connectivity index (χ0) is 36.7. The van der Waals surface area contributed by atoms with Gasteiger partial charge < -0.3 is 8.98 Å². The maximum absolute atomic E-state index is 7.03. The second-order valence-corrected chi connectivity index (χ2v) is 14.3. The lowest BCUT2D eigenvalue weighted by atomic mass is 9.96. The van der Waals surface area contributed by atoms with E-state index in [2.05, 4.69) is 156 Å². The largest absolute Gasteiger partial charge is 0.455 e. The van der Waals surface area contributed by atoms with Crippen molar-refractivity contribution in [2.75, 3.05) is 0 Å². The summed E-state index contributed by atoms with van der Waals surface area (Å²) in [5.74, 6) is 1.73. The Morgan fingerprint density at radius 3 is 1.84 bits per heavy atom. The Bertz CT molecular complexity index is 3540. The van der Waals surface area contributed by atoms with Gasteiger partial charge in [0, 0.05) is 38.1 Å². The van der Waals surface area contributed by atoms with Crippen LogP contribution in [-0.2, 0) is 0 Å². The normalized spacial score (nSPS) is 11.9. The van der Waals surface area contributed by atoms with Gasteiger partial charge in [0.25, 0.3) is 0 Å². The van der Waals surface area contributed by atoms with Crippen LogP contribution in [-0.4, -0.2) is 19.5 Å². The summed E-state index contributed by atoms with van der Waals surface area (Å²) in [7, 11) is 0. The zero-order valence-electron chi connectivity index (χ0n) is 30.0. The van der Waals surface area contributed by atoms with Gasteiger partial charge in [0.05, 0.1) is 22.3 Å². The maximum Gasteiger partial charge on any atom is 0.170 e. The van der Waals surface area contributed by atoms with Crippen molar-refractivity contribution in [3.63, 3.8) is 0 Å². The maximum atomic E-state index is 7.03. The van der Waals surface area contributed by atoms with Crippen molar-refractivity contribution in [1.82, 2.24) is 19.5 Å². The molecule has 12 rings (SSSR count). The molecule has 0 aliphatic heterocycles. The fourth-order valence-electron chi connectivity index (χ4n) is 8.72. The van der Waals surface area contributed by atoms with E-state index < -0.39 is 0 Å². The topological polar surface area (TPSA) is 56.7 Å². The van der Waals surface area contributed by atoms with E-state index >= 15 is 0 Å². The van der Waals surface area contributed by atoms with Crippen LogP contribution in [0.4, 0.5) is 0 Å². The van der Waals surface area contributed by atoms with Gasteiger partial charge in [-0.1, -0.05) is 158 Å². The number of hydrogen-bond donors (Lipinski definition) is 0. The van der Waals surface area contributed by atoms with Crippen LogP contribution in [0.15, 0.2) is 186 Å². The lowest BCUT2D eigenvalue weighted by Crippen LogP contribution is -2.05. The van der Waals surface area contributed by atoms with Gasteiger partial charge in [-0.3, -0.25) is 0 Å². The molecule has 0 aliphatic rings. The van der Waals surface area contributed by atoms with Crippen LogP contribution in [0.2, 0.25) is 0 Å². The van der Waals surface area contributed by atoms with Gasteiger partial charge in [0.15, 0.2) is 17.5 Å². The van der Waals surface area contributed by atoms with Crippen LogP contribution in [0, 0.1) is 0 Å². The fourth-order valence-corrected chi connectivity index (χ4v) is 8.72. The highest BCUT2D eigenvalue weighted by molar-refractivity contribution is 6.26. The monoisotopic (exact) mass is 714 g/mol. The van der Waals surface area contributed by atoms with Crippen molar-refractivity contribution < 1.29 is 4.42 Å². The summed E-state index contributed by atoms with van der Waals surface area (Å²) in [6.45, 7) is 0. The molecule has 0 fully saturated rings. The number of para-hydroxylation sites is 2. The van der Waals surface area contributed by atoms with Crippen LogP contribution < -0.4 is 0 Å². The molecule has 5 nitrogen and oxygen atoms in total. The number of fused-ring (bicyclic) bond motifs is 10. The smallest absolute Gasteiger partial charge is 0.170 e. The molecular weight excluding hydrogens is 685 g/mol. The van der Waals surface area contributed by atoms with E-state index in [9.17, 15) is 0 Å². The molecule has 0 aliphatic carbocycles. The Morgan fingerprint density at radius 2 is 1.00 bits per heavy atom. The van der Waals surface area contributed by atoms with E-state index in [1.54, 1.807) is 0 Å². The number of benzene rings is 9. The number of furan rings is 1. The Morgan fingerprint density at radius 1 is 0.393 bits per heavy atom. The van der Waals surface area contributed by atoms with E-state index in [1.165, 1.54) is 21.5 Å². The van der Waals surface area contributed by atoms with Gasteiger partial charge in [0.1, 0.15) is 11.2 Å². The predicted octanol–water partition coefficient (Wildman–Crippen LogP) is 13.3. The standard InChI is InChI=1S/C51H30N4O/c1-2-16-32(17-3-1)49-52-50(39-26-14-20-31-15-6-7-21-35(31)39)54-51(53-49)46-47(38-24-9-8-23-37(38)45-40-25-11-13-28-44(40)56-48(45)46)55-42-27-12-10-22-36(42)41-29-33-18-4-5-19-34(33)30-43(41)55/h1-30H. The molecule has 0 saturated carbocycles. The molecule has 260 valence electrons. The molecule has 0 saturated heterocycles. The second-order valence-electron chi connectivity index (χ2n) is 14.3. The number of rotatable bonds is 4. The van der Waals surface area contributed by atoms with Crippen LogP contribution in [0.5, 0.6) is 0 Å². The third-order valence-corrected chi connectivity index (χ3v) is 11.2. The Hall–Kier alpha value is -7.63. The first-order valence-corrected chi connectivity index (χ1v) is 18.9. The molecule has 0 N–H and O–H groups in total. The minimum absolute atomic E-state index is 0.540. The van der Waals surface area contributed by atoms with E-state index in [-0.39, 0.29) is 0 Å². The van der Waals surface area contributed by atoms with Crippen molar-refractivity contribution in [3.05, 3.63) is 182 Å². The molecule has 0 bridgehead atoms. The molecule has 9 aromatic carbocycles. The third kappa shape index (κ3) is 4.52. The first kappa shape index (κ1) is 30.8. The van der Waals surface area contributed by atoms with E-state index in [1.807, 2.05) is 30.3 Å². The molecular formula is C51H30N4O. The molecule has 5 heteroatoms. The average molecular weight is 715 g/mol. The van der Waals surface area contributed by atoms with E-state index in [4.69, 9.17) is 19.4 Å². The first-order chi connectivity index (χ1) is 27.8. The summed E-state index contributed by atoms with van der Waals surface area (Å²) in [6, 6.07) is 63.7. The first-order valence-electron chi connectivity index (χ1n) is 18.9. The van der Waals surface area contributed by atoms with Crippen LogP contribution in [0.1, 0.15) is 0 Å². The quantitative estimate of drug-likeness (QED) is 0.182. The average Bonchev–Trinajstić information content (AvgIpc) is 3.81. The lowest BCUT2D eigenvalue weighted by molar-refractivity contribution is 0.669. The predicted molar refractivity (Wildman–Crippen MR) is 230 cm³/mol. The van der Waals surface area contributed by atoms with Crippen molar-refractivity contribution in [2.45, 2.75) is 0 Å². The van der Waals surface area contributed by atoms with Gasteiger partial charge in [-0.05, 0) is 51.2 Å². The highest BCUT2D eigenvalue weighted by Gasteiger charge is 2.28. The van der Waals surface area contributed by atoms with Gasteiger partial charge in [-0.25, -0.2) is 15.0 Å². The molecule has 3 heterocycles. The Labute approximate surface area is 320 Å². The molecule has 0 spiro atoms. The lowest BCUT2D eigenvalue weighted by Gasteiger charge is -2.18. The molecule has 56 heavy (non-hydrogen) atoms. The van der Waals surface area contributed by atoms with Gasteiger partial charge in [0.2, 0.25) is 0 Å². The SMILES string of the molecule is c1ccc(-c2nc(-c3cccc4ccccc34)nc(-c3c(-n4c5ccccc5c5cc6ccccc6cc54)c4ccccc4c4c3oc3ccccc34)n2)cc1. The summed E-state index contributed by atoms with van der Waals surface area (Å²) in [5.41, 5.74) is 7.35. The van der Waals surface area contributed by atoms with Crippen LogP contribution in [0.25, 0.3) is 116 Å². The third-order valence-electron chi connectivity index (χ3n) is 11.2. The molecule has 0 atom stereocenters. The minimum Gasteiger partial charge on any atom is -0.455 e. The number of aromatic nitrogens is 4. The van der Waals surface area contributed by atoms with Gasteiger partial charge in [-0.2, -0.15) is 0 Å².